The second kappa shape index (κ2) is 6.07. The predicted octanol–water partition coefficient (Wildman–Crippen LogP) is 3.51. The quantitative estimate of drug-likeness (QED) is 0.834. The number of hydrogen-bond acceptors (Lipinski definition) is 3. The van der Waals surface area contributed by atoms with Crippen LogP contribution in [0.15, 0.2) is 28.2 Å². The lowest BCUT2D eigenvalue weighted by molar-refractivity contribution is 0.251. The zero-order valence-corrected chi connectivity index (χ0v) is 11.8. The molecule has 2 rings (SSSR count). The van der Waals surface area contributed by atoms with E-state index in [0.717, 1.165) is 11.1 Å². The van der Waals surface area contributed by atoms with E-state index in [1.54, 1.807) is 11.6 Å². The van der Waals surface area contributed by atoms with Crippen molar-refractivity contribution in [2.45, 2.75) is 6.54 Å². The van der Waals surface area contributed by atoms with Gasteiger partial charge in [-0.3, -0.25) is 0 Å². The molecule has 0 aliphatic rings. The average molecular weight is 348 g/mol. The third-order valence-corrected chi connectivity index (χ3v) is 3.53. The first-order valence-electron chi connectivity index (χ1n) is 5.14. The molecule has 1 aromatic carbocycles. The molecule has 0 aliphatic carbocycles. The van der Waals surface area contributed by atoms with Gasteiger partial charge in [0.15, 0.2) is 0 Å². The third-order valence-electron chi connectivity index (χ3n) is 2.14. The highest BCUT2D eigenvalue weighted by Crippen LogP contribution is 2.23. The first-order valence-corrected chi connectivity index (χ1v) is 6.81. The van der Waals surface area contributed by atoms with E-state index in [0.29, 0.717) is 6.07 Å². The lowest BCUT2D eigenvalue weighted by Gasteiger charge is -2.08. The lowest BCUT2D eigenvalue weighted by atomic mass is 10.3. The molecule has 0 atom stereocenters. The molecule has 0 aliphatic heterocycles. The van der Waals surface area contributed by atoms with Crippen LogP contribution in [-0.2, 0) is 6.54 Å². The van der Waals surface area contributed by atoms with Crippen LogP contribution in [0.3, 0.4) is 0 Å². The van der Waals surface area contributed by atoms with Crippen molar-refractivity contribution in [2.24, 2.45) is 0 Å². The molecule has 0 saturated heterocycles. The summed E-state index contributed by atoms with van der Waals surface area (Å²) in [5.74, 6) is -1.57. The van der Waals surface area contributed by atoms with Gasteiger partial charge in [0.25, 0.3) is 0 Å². The summed E-state index contributed by atoms with van der Waals surface area (Å²) in [4.78, 5) is 15.5. The van der Waals surface area contributed by atoms with Crippen LogP contribution < -0.4 is 10.6 Å². The summed E-state index contributed by atoms with van der Waals surface area (Å²) in [5.41, 5.74) is -0.107. The molecule has 19 heavy (non-hydrogen) atoms. The summed E-state index contributed by atoms with van der Waals surface area (Å²) in [6.07, 6.45) is 1.62. The van der Waals surface area contributed by atoms with E-state index in [-0.39, 0.29) is 16.7 Å². The molecule has 0 spiro atoms. The number of urea groups is 1. The minimum Gasteiger partial charge on any atom is -0.331 e. The Balaban J connectivity index is 1.97. The van der Waals surface area contributed by atoms with Gasteiger partial charge in [0.05, 0.1) is 16.7 Å². The van der Waals surface area contributed by atoms with Crippen LogP contribution in [0.2, 0.25) is 0 Å². The molecule has 100 valence electrons. The Morgan fingerprint density at radius 1 is 1.37 bits per heavy atom. The number of aromatic nitrogens is 1. The summed E-state index contributed by atoms with van der Waals surface area (Å²) < 4.78 is 26.5. The van der Waals surface area contributed by atoms with Gasteiger partial charge < -0.3 is 10.6 Å². The van der Waals surface area contributed by atoms with Crippen molar-refractivity contribution in [3.63, 3.8) is 0 Å². The number of carbonyl (C=O) groups is 1. The maximum atomic E-state index is 13.4. The van der Waals surface area contributed by atoms with Crippen LogP contribution in [0.25, 0.3) is 0 Å². The molecule has 0 fully saturated rings. The fourth-order valence-electron chi connectivity index (χ4n) is 1.28. The molecule has 0 unspecified atom stereocenters. The summed E-state index contributed by atoms with van der Waals surface area (Å²) in [6.45, 7) is 0.244. The molecule has 8 heteroatoms. The van der Waals surface area contributed by atoms with Crippen molar-refractivity contribution in [3.8, 4) is 0 Å². The molecular weight excluding hydrogens is 340 g/mol. The lowest BCUT2D eigenvalue weighted by Crippen LogP contribution is -2.28. The summed E-state index contributed by atoms with van der Waals surface area (Å²) in [5, 5.41) is 7.33. The van der Waals surface area contributed by atoms with Gasteiger partial charge in [-0.1, -0.05) is 0 Å². The van der Waals surface area contributed by atoms with Gasteiger partial charge in [0.1, 0.15) is 16.6 Å². The number of amides is 2. The van der Waals surface area contributed by atoms with Crippen LogP contribution in [0, 0.1) is 11.6 Å². The fourth-order valence-corrected chi connectivity index (χ4v) is 2.18. The highest BCUT2D eigenvalue weighted by Gasteiger charge is 2.11. The number of nitrogens with one attached hydrogen (secondary N) is 2. The smallest absolute Gasteiger partial charge is 0.319 e. The number of benzene rings is 1. The van der Waals surface area contributed by atoms with Crippen molar-refractivity contribution in [1.29, 1.82) is 0 Å². The Hall–Kier alpha value is -1.54. The maximum absolute atomic E-state index is 13.4. The number of halogens is 3. The van der Waals surface area contributed by atoms with Crippen molar-refractivity contribution >= 4 is 39.0 Å². The highest BCUT2D eigenvalue weighted by molar-refractivity contribution is 9.10. The van der Waals surface area contributed by atoms with Gasteiger partial charge in [-0.15, -0.1) is 11.3 Å². The molecule has 0 saturated carbocycles. The summed E-state index contributed by atoms with van der Waals surface area (Å²) in [6, 6.07) is 1.27. The van der Waals surface area contributed by atoms with Crippen LogP contribution in [0.4, 0.5) is 19.3 Å². The first-order chi connectivity index (χ1) is 9.06. The van der Waals surface area contributed by atoms with Crippen molar-refractivity contribution in [3.05, 3.63) is 44.8 Å². The first kappa shape index (κ1) is 13.9. The second-order valence-electron chi connectivity index (χ2n) is 3.48. The van der Waals surface area contributed by atoms with E-state index >= 15 is 0 Å². The van der Waals surface area contributed by atoms with Crippen LogP contribution in [0.1, 0.15) is 5.01 Å². The molecule has 2 N–H and O–H groups in total. The Morgan fingerprint density at radius 2 is 2.16 bits per heavy atom. The fraction of sp³-hybridized carbons (Fsp3) is 0.0909. The second-order valence-corrected chi connectivity index (χ2v) is 5.31. The number of anilines is 1. The van der Waals surface area contributed by atoms with Crippen LogP contribution in [-0.4, -0.2) is 11.0 Å². The SMILES string of the molecule is O=C(NCc1nccs1)Nc1cc(Br)c(F)cc1F. The van der Waals surface area contributed by atoms with Crippen molar-refractivity contribution in [1.82, 2.24) is 10.3 Å². The molecule has 0 radical (unpaired) electrons. The van der Waals surface area contributed by atoms with Gasteiger partial charge in [0, 0.05) is 17.6 Å². The normalized spacial score (nSPS) is 10.3. The largest absolute Gasteiger partial charge is 0.331 e. The van der Waals surface area contributed by atoms with E-state index < -0.39 is 17.7 Å². The minimum atomic E-state index is -0.843. The zero-order valence-electron chi connectivity index (χ0n) is 9.41. The molecule has 1 heterocycles. The van der Waals surface area contributed by atoms with E-state index in [1.165, 1.54) is 11.3 Å². The summed E-state index contributed by atoms with van der Waals surface area (Å²) >= 11 is 4.31. The number of thiazole rings is 1. The Bertz CT molecular complexity index is 592. The van der Waals surface area contributed by atoms with Crippen LogP contribution >= 0.6 is 27.3 Å². The highest BCUT2D eigenvalue weighted by atomic mass is 79.9. The molecule has 2 amide bonds. The van der Waals surface area contributed by atoms with Gasteiger partial charge in [0.2, 0.25) is 0 Å². The molecule has 2 aromatic rings. The van der Waals surface area contributed by atoms with E-state index in [2.05, 4.69) is 31.5 Å². The number of hydrogen-bond donors (Lipinski definition) is 2. The van der Waals surface area contributed by atoms with E-state index in [9.17, 15) is 13.6 Å². The van der Waals surface area contributed by atoms with E-state index in [4.69, 9.17) is 0 Å². The van der Waals surface area contributed by atoms with Gasteiger partial charge in [-0.25, -0.2) is 18.6 Å². The Morgan fingerprint density at radius 3 is 2.84 bits per heavy atom. The number of rotatable bonds is 3. The third kappa shape index (κ3) is 3.71. The number of carbonyl (C=O) groups excluding carboxylic acids is 1. The molecule has 4 nitrogen and oxygen atoms in total. The Kier molecular flexibility index (Phi) is 4.43. The van der Waals surface area contributed by atoms with Crippen molar-refractivity contribution in [2.75, 3.05) is 5.32 Å². The summed E-state index contributed by atoms with van der Waals surface area (Å²) in [7, 11) is 0. The number of nitrogens with zero attached hydrogens (tertiary/aromatic N) is 1. The van der Waals surface area contributed by atoms with E-state index in [1.807, 2.05) is 0 Å². The van der Waals surface area contributed by atoms with Gasteiger partial charge in [-0.05, 0) is 22.0 Å². The van der Waals surface area contributed by atoms with Crippen LogP contribution in [0.5, 0.6) is 0 Å². The molecule has 0 bridgehead atoms. The van der Waals surface area contributed by atoms with Gasteiger partial charge in [-0.2, -0.15) is 0 Å². The maximum Gasteiger partial charge on any atom is 0.319 e. The zero-order chi connectivity index (χ0) is 13.8. The topological polar surface area (TPSA) is 54.0 Å². The Labute approximate surface area is 120 Å². The minimum absolute atomic E-state index is 0.0733. The monoisotopic (exact) mass is 347 g/mol. The predicted molar refractivity (Wildman–Crippen MR) is 72.0 cm³/mol. The average Bonchev–Trinajstić information content (AvgIpc) is 2.86. The van der Waals surface area contributed by atoms with Gasteiger partial charge >= 0.3 is 6.03 Å². The molecule has 1 aromatic heterocycles. The molecular formula is C11H8BrF2N3OS. The van der Waals surface area contributed by atoms with Crippen molar-refractivity contribution < 1.29 is 13.6 Å². The standard InChI is InChI=1S/C11H8BrF2N3OS/c12-6-3-9(8(14)4-7(6)13)17-11(18)16-5-10-15-1-2-19-10/h1-4H,5H2,(H2,16,17,18).